The summed E-state index contributed by atoms with van der Waals surface area (Å²) in [6.45, 7) is 2.33. The second-order valence-electron chi connectivity index (χ2n) is 6.79. The number of hydrogen-bond donors (Lipinski definition) is 2. The normalized spacial score (nSPS) is 17.6. The van der Waals surface area contributed by atoms with Crippen molar-refractivity contribution in [2.75, 3.05) is 11.9 Å². The Labute approximate surface area is 157 Å². The van der Waals surface area contributed by atoms with E-state index in [9.17, 15) is 14.4 Å². The first-order valence-electron chi connectivity index (χ1n) is 8.90. The van der Waals surface area contributed by atoms with E-state index in [2.05, 4.69) is 5.32 Å². The average Bonchev–Trinajstić information content (AvgIpc) is 3.03. The van der Waals surface area contributed by atoms with Gasteiger partial charge in [0.05, 0.1) is 18.4 Å². The van der Waals surface area contributed by atoms with Gasteiger partial charge in [0.15, 0.2) is 0 Å². The van der Waals surface area contributed by atoms with E-state index in [0.717, 1.165) is 5.56 Å². The van der Waals surface area contributed by atoms with Gasteiger partial charge >= 0.3 is 5.97 Å². The third kappa shape index (κ3) is 4.53. The molecule has 0 aromatic heterocycles. The Bertz CT molecular complexity index is 850. The van der Waals surface area contributed by atoms with Crippen molar-refractivity contribution >= 4 is 23.5 Å². The molecule has 0 saturated carbocycles. The van der Waals surface area contributed by atoms with Crippen molar-refractivity contribution in [3.8, 4) is 0 Å². The molecule has 0 bridgehead atoms. The van der Waals surface area contributed by atoms with Crippen LogP contribution in [0.3, 0.4) is 0 Å². The number of carboxylic acid groups (broad SMARTS) is 1. The lowest BCUT2D eigenvalue weighted by Crippen LogP contribution is -2.30. The number of nitrogens with one attached hydrogen (secondary N) is 1. The Morgan fingerprint density at radius 1 is 1.19 bits per heavy atom. The van der Waals surface area contributed by atoms with Crippen LogP contribution in [0, 0.1) is 5.92 Å². The van der Waals surface area contributed by atoms with Gasteiger partial charge < -0.3 is 15.3 Å². The Balaban J connectivity index is 1.65. The topological polar surface area (TPSA) is 86.7 Å². The van der Waals surface area contributed by atoms with Gasteiger partial charge in [-0.25, -0.2) is 0 Å². The maximum Gasteiger partial charge on any atom is 0.307 e. The number of likely N-dealkylation sites (tertiary alicyclic amines) is 1. The Morgan fingerprint density at radius 2 is 1.93 bits per heavy atom. The Kier molecular flexibility index (Phi) is 5.54. The molecule has 1 aliphatic rings. The second-order valence-corrected chi connectivity index (χ2v) is 6.79. The lowest BCUT2D eigenvalue weighted by molar-refractivity contribution is -0.136. The smallest absolute Gasteiger partial charge is 0.307 e. The van der Waals surface area contributed by atoms with E-state index >= 15 is 0 Å². The molecule has 1 heterocycles. The number of carbonyl (C=O) groups excluding carboxylic acids is 2. The van der Waals surface area contributed by atoms with Gasteiger partial charge in [-0.1, -0.05) is 42.5 Å². The number of benzene rings is 2. The molecule has 2 atom stereocenters. The summed E-state index contributed by atoms with van der Waals surface area (Å²) >= 11 is 0. The summed E-state index contributed by atoms with van der Waals surface area (Å²) in [5.74, 6) is -1.61. The molecule has 1 fully saturated rings. The predicted octanol–water partition coefficient (Wildman–Crippen LogP) is 2.86. The third-order valence-electron chi connectivity index (χ3n) is 4.83. The molecular formula is C21H22N2O4. The minimum atomic E-state index is -0.926. The predicted molar refractivity (Wildman–Crippen MR) is 101 cm³/mol. The number of carbonyl (C=O) groups is 3. The van der Waals surface area contributed by atoms with Gasteiger partial charge in [-0.2, -0.15) is 0 Å². The molecule has 3 rings (SSSR count). The first-order chi connectivity index (χ1) is 12.9. The van der Waals surface area contributed by atoms with Crippen molar-refractivity contribution in [2.45, 2.75) is 25.8 Å². The van der Waals surface area contributed by atoms with Crippen LogP contribution in [-0.2, 0) is 20.8 Å². The first-order valence-corrected chi connectivity index (χ1v) is 8.90. The number of amides is 2. The number of rotatable bonds is 6. The third-order valence-corrected chi connectivity index (χ3v) is 4.83. The average molecular weight is 366 g/mol. The summed E-state index contributed by atoms with van der Waals surface area (Å²) in [4.78, 5) is 37.6. The molecule has 6 heteroatoms. The van der Waals surface area contributed by atoms with Crippen molar-refractivity contribution in [1.82, 2.24) is 4.90 Å². The van der Waals surface area contributed by atoms with Crippen LogP contribution in [0.2, 0.25) is 0 Å². The SMILES string of the molecule is CC(c1ccccc1)N1CC(C(=O)Nc2cccc(CC(=O)O)c2)CC1=O. The van der Waals surface area contributed by atoms with Gasteiger partial charge in [-0.15, -0.1) is 0 Å². The molecule has 2 aromatic rings. The first kappa shape index (κ1) is 18.6. The van der Waals surface area contributed by atoms with Crippen LogP contribution < -0.4 is 5.32 Å². The van der Waals surface area contributed by atoms with E-state index in [1.54, 1.807) is 29.2 Å². The van der Waals surface area contributed by atoms with Crippen LogP contribution in [0.25, 0.3) is 0 Å². The highest BCUT2D eigenvalue weighted by atomic mass is 16.4. The summed E-state index contributed by atoms with van der Waals surface area (Å²) in [6.07, 6.45) is 0.0752. The van der Waals surface area contributed by atoms with Gasteiger partial charge in [-0.05, 0) is 30.2 Å². The van der Waals surface area contributed by atoms with Crippen molar-refractivity contribution in [1.29, 1.82) is 0 Å². The Hall–Kier alpha value is -3.15. The van der Waals surface area contributed by atoms with Crippen LogP contribution in [0.1, 0.15) is 30.5 Å². The number of carboxylic acids is 1. The molecule has 2 N–H and O–H groups in total. The summed E-state index contributed by atoms with van der Waals surface area (Å²) in [5.41, 5.74) is 2.19. The van der Waals surface area contributed by atoms with Crippen LogP contribution in [-0.4, -0.2) is 34.3 Å². The molecule has 2 unspecified atom stereocenters. The van der Waals surface area contributed by atoms with E-state index in [-0.39, 0.29) is 30.7 Å². The fourth-order valence-corrected chi connectivity index (χ4v) is 3.37. The molecule has 0 radical (unpaired) electrons. The number of aliphatic carboxylic acids is 1. The highest BCUT2D eigenvalue weighted by Gasteiger charge is 2.37. The van der Waals surface area contributed by atoms with Gasteiger partial charge in [0.25, 0.3) is 0 Å². The highest BCUT2D eigenvalue weighted by molar-refractivity contribution is 5.97. The van der Waals surface area contributed by atoms with E-state index in [1.807, 2.05) is 37.3 Å². The van der Waals surface area contributed by atoms with Gasteiger partial charge in [0.1, 0.15) is 0 Å². The number of nitrogens with zero attached hydrogens (tertiary/aromatic N) is 1. The van der Waals surface area contributed by atoms with Crippen LogP contribution in [0.15, 0.2) is 54.6 Å². The minimum Gasteiger partial charge on any atom is -0.481 e. The zero-order chi connectivity index (χ0) is 19.4. The quantitative estimate of drug-likeness (QED) is 0.823. The van der Waals surface area contributed by atoms with Crippen molar-refractivity contribution in [3.63, 3.8) is 0 Å². The van der Waals surface area contributed by atoms with E-state index in [1.165, 1.54) is 0 Å². The fourth-order valence-electron chi connectivity index (χ4n) is 3.37. The lowest BCUT2D eigenvalue weighted by atomic mass is 10.1. The van der Waals surface area contributed by atoms with Crippen molar-refractivity contribution < 1.29 is 19.5 Å². The zero-order valence-corrected chi connectivity index (χ0v) is 15.1. The van der Waals surface area contributed by atoms with Crippen molar-refractivity contribution in [3.05, 3.63) is 65.7 Å². The Morgan fingerprint density at radius 3 is 2.63 bits per heavy atom. The van der Waals surface area contributed by atoms with Gasteiger partial charge in [0, 0.05) is 18.7 Å². The second kappa shape index (κ2) is 8.03. The summed E-state index contributed by atoms with van der Waals surface area (Å²) in [5, 5.41) is 11.7. The molecule has 2 amide bonds. The van der Waals surface area contributed by atoms with Gasteiger partial charge in [-0.3, -0.25) is 14.4 Å². The molecule has 0 aliphatic carbocycles. The maximum absolute atomic E-state index is 12.6. The molecule has 2 aromatic carbocycles. The van der Waals surface area contributed by atoms with E-state index in [0.29, 0.717) is 17.8 Å². The van der Waals surface area contributed by atoms with Gasteiger partial charge in [0.2, 0.25) is 11.8 Å². The van der Waals surface area contributed by atoms with Crippen LogP contribution in [0.4, 0.5) is 5.69 Å². The summed E-state index contributed by atoms with van der Waals surface area (Å²) in [6, 6.07) is 16.4. The molecule has 140 valence electrons. The van der Waals surface area contributed by atoms with Crippen LogP contribution in [0.5, 0.6) is 0 Å². The minimum absolute atomic E-state index is 0.0360. The maximum atomic E-state index is 12.6. The summed E-state index contributed by atoms with van der Waals surface area (Å²) < 4.78 is 0. The lowest BCUT2D eigenvalue weighted by Gasteiger charge is -2.25. The number of anilines is 1. The van der Waals surface area contributed by atoms with E-state index < -0.39 is 11.9 Å². The van der Waals surface area contributed by atoms with Crippen LogP contribution >= 0.6 is 0 Å². The molecular weight excluding hydrogens is 344 g/mol. The van der Waals surface area contributed by atoms with E-state index in [4.69, 9.17) is 5.11 Å². The fraction of sp³-hybridized carbons (Fsp3) is 0.286. The standard InChI is InChI=1S/C21H22N2O4/c1-14(16-7-3-2-4-8-16)23-13-17(12-19(23)24)21(27)22-18-9-5-6-15(10-18)11-20(25)26/h2-10,14,17H,11-13H2,1H3,(H,22,27)(H,25,26). The monoisotopic (exact) mass is 366 g/mol. The molecule has 6 nitrogen and oxygen atoms in total. The molecule has 1 saturated heterocycles. The zero-order valence-electron chi connectivity index (χ0n) is 15.1. The highest BCUT2D eigenvalue weighted by Crippen LogP contribution is 2.29. The molecule has 1 aliphatic heterocycles. The summed E-state index contributed by atoms with van der Waals surface area (Å²) in [7, 11) is 0. The largest absolute Gasteiger partial charge is 0.481 e. The molecule has 0 spiro atoms. The molecule has 27 heavy (non-hydrogen) atoms. The van der Waals surface area contributed by atoms with Crippen molar-refractivity contribution in [2.24, 2.45) is 5.92 Å². The number of hydrogen-bond acceptors (Lipinski definition) is 3.